The quantitative estimate of drug-likeness (QED) is 0.937. The zero-order chi connectivity index (χ0) is 14.8. The molecule has 21 heavy (non-hydrogen) atoms. The molecule has 1 aliphatic rings. The fourth-order valence-corrected chi connectivity index (χ4v) is 3.54. The van der Waals surface area contributed by atoms with Gasteiger partial charge in [0.15, 0.2) is 0 Å². The van der Waals surface area contributed by atoms with Gasteiger partial charge >= 0.3 is 0 Å². The Hall–Kier alpha value is -1.61. The summed E-state index contributed by atoms with van der Waals surface area (Å²) < 4.78 is 2.09. The fourth-order valence-electron chi connectivity index (χ4n) is 3.54. The molecule has 3 rings (SSSR count). The van der Waals surface area contributed by atoms with Crippen LogP contribution in [0.3, 0.4) is 0 Å². The second-order valence-corrected chi connectivity index (χ2v) is 6.23. The van der Waals surface area contributed by atoms with Gasteiger partial charge in [0.1, 0.15) is 0 Å². The summed E-state index contributed by atoms with van der Waals surface area (Å²) in [6.07, 6.45) is 4.43. The highest BCUT2D eigenvalue weighted by Gasteiger charge is 2.24. The van der Waals surface area contributed by atoms with Crippen molar-refractivity contribution in [3.8, 4) is 0 Å². The van der Waals surface area contributed by atoms with Crippen molar-refractivity contribution in [3.63, 3.8) is 0 Å². The summed E-state index contributed by atoms with van der Waals surface area (Å²) in [6.45, 7) is 5.11. The summed E-state index contributed by atoms with van der Waals surface area (Å²) >= 11 is 0. The predicted molar refractivity (Wildman–Crippen MR) is 86.3 cm³/mol. The lowest BCUT2D eigenvalue weighted by atomic mass is 9.79. The Morgan fingerprint density at radius 2 is 2.10 bits per heavy atom. The number of hydrogen-bond acceptors (Lipinski definition) is 2. The van der Waals surface area contributed by atoms with Gasteiger partial charge in [0, 0.05) is 24.7 Å². The molecule has 0 saturated heterocycles. The number of benzene rings is 1. The van der Waals surface area contributed by atoms with Crippen LogP contribution in [0.1, 0.15) is 35.9 Å². The number of rotatable bonds is 4. The van der Waals surface area contributed by atoms with Gasteiger partial charge in [0.25, 0.3) is 0 Å². The first-order chi connectivity index (χ1) is 10.2. The standard InChI is InChI=1S/C18H25N3/c1-3-21-17(10-13(2)20-21)12-18(19)16-9-8-14-6-4-5-7-15(14)11-16/h4-7,10,16,18H,3,8-9,11-12,19H2,1-2H3. The van der Waals surface area contributed by atoms with Gasteiger partial charge in [-0.15, -0.1) is 0 Å². The summed E-state index contributed by atoms with van der Waals surface area (Å²) in [6, 6.07) is 11.2. The van der Waals surface area contributed by atoms with Crippen molar-refractivity contribution >= 4 is 0 Å². The maximum absolute atomic E-state index is 6.53. The Morgan fingerprint density at radius 3 is 2.86 bits per heavy atom. The molecule has 3 nitrogen and oxygen atoms in total. The average molecular weight is 283 g/mol. The van der Waals surface area contributed by atoms with Gasteiger partial charge in [-0.3, -0.25) is 4.68 Å². The SMILES string of the molecule is CCn1nc(C)cc1CC(N)C1CCc2ccccc2C1. The van der Waals surface area contributed by atoms with Crippen molar-refractivity contribution in [2.75, 3.05) is 0 Å². The Balaban J connectivity index is 1.70. The van der Waals surface area contributed by atoms with Gasteiger partial charge in [-0.1, -0.05) is 24.3 Å². The van der Waals surface area contributed by atoms with Crippen molar-refractivity contribution in [2.24, 2.45) is 11.7 Å². The molecule has 3 heteroatoms. The van der Waals surface area contributed by atoms with E-state index in [2.05, 4.69) is 54.0 Å². The molecule has 1 heterocycles. The number of nitrogens with zero attached hydrogens (tertiary/aromatic N) is 2. The lowest BCUT2D eigenvalue weighted by Gasteiger charge is -2.29. The van der Waals surface area contributed by atoms with E-state index in [9.17, 15) is 0 Å². The van der Waals surface area contributed by atoms with E-state index in [0.29, 0.717) is 5.92 Å². The highest BCUT2D eigenvalue weighted by atomic mass is 15.3. The zero-order valence-electron chi connectivity index (χ0n) is 13.0. The molecule has 0 spiro atoms. The first-order valence-corrected chi connectivity index (χ1v) is 8.03. The van der Waals surface area contributed by atoms with Gasteiger partial charge in [-0.25, -0.2) is 0 Å². The van der Waals surface area contributed by atoms with E-state index in [1.165, 1.54) is 29.7 Å². The van der Waals surface area contributed by atoms with E-state index >= 15 is 0 Å². The van der Waals surface area contributed by atoms with Crippen LogP contribution in [0, 0.1) is 12.8 Å². The highest BCUT2D eigenvalue weighted by Crippen LogP contribution is 2.28. The van der Waals surface area contributed by atoms with Crippen LogP contribution in [0.25, 0.3) is 0 Å². The summed E-state index contributed by atoms with van der Waals surface area (Å²) in [4.78, 5) is 0. The minimum atomic E-state index is 0.222. The first-order valence-electron chi connectivity index (χ1n) is 8.03. The minimum Gasteiger partial charge on any atom is -0.327 e. The van der Waals surface area contributed by atoms with Crippen LogP contribution in [0.4, 0.5) is 0 Å². The summed E-state index contributed by atoms with van der Waals surface area (Å²) in [7, 11) is 0. The fraction of sp³-hybridized carbons (Fsp3) is 0.500. The molecule has 2 atom stereocenters. The van der Waals surface area contributed by atoms with Crippen LogP contribution in [0.15, 0.2) is 30.3 Å². The third kappa shape index (κ3) is 3.03. The van der Waals surface area contributed by atoms with Crippen LogP contribution >= 0.6 is 0 Å². The second-order valence-electron chi connectivity index (χ2n) is 6.23. The smallest absolute Gasteiger partial charge is 0.0596 e. The predicted octanol–water partition coefficient (Wildman–Crippen LogP) is 2.89. The van der Waals surface area contributed by atoms with Gasteiger partial charge in [0.2, 0.25) is 0 Å². The number of nitrogens with two attached hydrogens (primary N) is 1. The third-order valence-electron chi connectivity index (χ3n) is 4.72. The minimum absolute atomic E-state index is 0.222. The van der Waals surface area contributed by atoms with Crippen LogP contribution in [0.5, 0.6) is 0 Å². The molecule has 2 N–H and O–H groups in total. The van der Waals surface area contributed by atoms with Gasteiger partial charge in [-0.05, 0) is 56.2 Å². The molecule has 0 saturated carbocycles. The second kappa shape index (κ2) is 6.02. The monoisotopic (exact) mass is 283 g/mol. The molecule has 2 unspecified atom stereocenters. The molecule has 0 bridgehead atoms. The Labute approximate surface area is 127 Å². The van der Waals surface area contributed by atoms with E-state index in [0.717, 1.165) is 25.1 Å². The molecular formula is C18H25N3. The number of fused-ring (bicyclic) bond motifs is 1. The Bertz CT molecular complexity index is 615. The summed E-state index contributed by atoms with van der Waals surface area (Å²) in [5.41, 5.74) is 11.9. The van der Waals surface area contributed by atoms with Crippen molar-refractivity contribution < 1.29 is 0 Å². The maximum atomic E-state index is 6.53. The van der Waals surface area contributed by atoms with Crippen LogP contribution in [0.2, 0.25) is 0 Å². The van der Waals surface area contributed by atoms with E-state index in [4.69, 9.17) is 5.73 Å². The van der Waals surface area contributed by atoms with Crippen LogP contribution < -0.4 is 5.73 Å². The molecule has 0 amide bonds. The lowest BCUT2D eigenvalue weighted by Crippen LogP contribution is -2.36. The number of aromatic nitrogens is 2. The highest BCUT2D eigenvalue weighted by molar-refractivity contribution is 5.30. The largest absolute Gasteiger partial charge is 0.327 e. The first kappa shape index (κ1) is 14.3. The van der Waals surface area contributed by atoms with E-state index in [1.54, 1.807) is 0 Å². The molecule has 1 aliphatic carbocycles. The van der Waals surface area contributed by atoms with Crippen molar-refractivity contribution in [1.82, 2.24) is 9.78 Å². The Morgan fingerprint density at radius 1 is 1.33 bits per heavy atom. The van der Waals surface area contributed by atoms with E-state index < -0.39 is 0 Å². The zero-order valence-corrected chi connectivity index (χ0v) is 13.0. The molecule has 0 aliphatic heterocycles. The normalized spacial score (nSPS) is 19.3. The number of aryl methyl sites for hydroxylation is 3. The Kier molecular flexibility index (Phi) is 4.11. The molecule has 2 aromatic rings. The van der Waals surface area contributed by atoms with Gasteiger partial charge < -0.3 is 5.73 Å². The average Bonchev–Trinajstić information content (AvgIpc) is 2.86. The van der Waals surface area contributed by atoms with Crippen LogP contribution in [-0.2, 0) is 25.8 Å². The summed E-state index contributed by atoms with van der Waals surface area (Å²) in [5, 5.41) is 4.52. The molecule has 1 aromatic heterocycles. The molecule has 0 fully saturated rings. The molecular weight excluding hydrogens is 258 g/mol. The van der Waals surface area contributed by atoms with E-state index in [1.807, 2.05) is 0 Å². The van der Waals surface area contributed by atoms with E-state index in [-0.39, 0.29) is 6.04 Å². The van der Waals surface area contributed by atoms with Crippen molar-refractivity contribution in [1.29, 1.82) is 0 Å². The number of hydrogen-bond donors (Lipinski definition) is 1. The molecule has 112 valence electrons. The van der Waals surface area contributed by atoms with Crippen LogP contribution in [-0.4, -0.2) is 15.8 Å². The molecule has 0 radical (unpaired) electrons. The topological polar surface area (TPSA) is 43.8 Å². The van der Waals surface area contributed by atoms with Gasteiger partial charge in [0.05, 0.1) is 5.69 Å². The third-order valence-corrected chi connectivity index (χ3v) is 4.72. The lowest BCUT2D eigenvalue weighted by molar-refractivity contribution is 0.366. The van der Waals surface area contributed by atoms with Gasteiger partial charge in [-0.2, -0.15) is 5.10 Å². The molecule has 1 aromatic carbocycles. The van der Waals surface area contributed by atoms with Crippen molar-refractivity contribution in [2.45, 2.75) is 52.1 Å². The summed E-state index contributed by atoms with van der Waals surface area (Å²) in [5.74, 6) is 0.584. The maximum Gasteiger partial charge on any atom is 0.0596 e. The van der Waals surface area contributed by atoms with Crippen molar-refractivity contribution in [3.05, 3.63) is 52.8 Å².